The van der Waals surface area contributed by atoms with Crippen molar-refractivity contribution >= 4 is 0 Å². The van der Waals surface area contributed by atoms with Crippen LogP contribution in [-0.2, 0) is 0 Å². The third-order valence-electron chi connectivity index (χ3n) is 5.42. The van der Waals surface area contributed by atoms with Crippen molar-refractivity contribution in [3.63, 3.8) is 0 Å². The molecule has 0 heterocycles. The maximum atomic E-state index is 3.92. The van der Waals surface area contributed by atoms with Crippen LogP contribution in [0.5, 0.6) is 0 Å². The Morgan fingerprint density at radius 1 is 0.889 bits per heavy atom. The predicted molar refractivity (Wildman–Crippen MR) is 80.7 cm³/mol. The molecule has 2 aliphatic carbocycles. The highest BCUT2D eigenvalue weighted by molar-refractivity contribution is 4.80. The lowest BCUT2D eigenvalue weighted by molar-refractivity contribution is 0.181. The van der Waals surface area contributed by atoms with Crippen LogP contribution in [0.3, 0.4) is 0 Å². The van der Waals surface area contributed by atoms with Gasteiger partial charge in [-0.05, 0) is 37.0 Å². The number of allylic oxidation sites excluding steroid dienone is 1. The lowest BCUT2D eigenvalue weighted by atomic mass is 9.72. The van der Waals surface area contributed by atoms with Gasteiger partial charge in [-0.3, -0.25) is 0 Å². The third kappa shape index (κ3) is 4.44. The first-order chi connectivity index (χ1) is 8.90. The van der Waals surface area contributed by atoms with Crippen LogP contribution in [0.1, 0.15) is 83.5 Å². The van der Waals surface area contributed by atoms with E-state index in [1.54, 1.807) is 6.42 Å². The van der Waals surface area contributed by atoms with Gasteiger partial charge in [0, 0.05) is 0 Å². The van der Waals surface area contributed by atoms with Gasteiger partial charge in [0.2, 0.25) is 0 Å². The van der Waals surface area contributed by atoms with Crippen molar-refractivity contribution < 1.29 is 0 Å². The Balaban J connectivity index is 1.83. The van der Waals surface area contributed by atoms with Gasteiger partial charge in [-0.2, -0.15) is 0 Å². The zero-order valence-corrected chi connectivity index (χ0v) is 12.2. The minimum absolute atomic E-state index is 1.02. The third-order valence-corrected chi connectivity index (χ3v) is 5.42. The van der Waals surface area contributed by atoms with E-state index in [-0.39, 0.29) is 0 Å². The van der Waals surface area contributed by atoms with Crippen LogP contribution in [-0.4, -0.2) is 0 Å². The molecule has 0 aromatic carbocycles. The van der Waals surface area contributed by atoms with E-state index in [1.165, 1.54) is 77.0 Å². The number of rotatable bonds is 6. The highest BCUT2D eigenvalue weighted by Crippen LogP contribution is 2.39. The zero-order valence-electron chi connectivity index (χ0n) is 12.2. The first-order valence-corrected chi connectivity index (χ1v) is 8.51. The number of hydrogen-bond donors (Lipinski definition) is 0. The van der Waals surface area contributed by atoms with Crippen molar-refractivity contribution in [2.24, 2.45) is 17.8 Å². The van der Waals surface area contributed by atoms with Crippen molar-refractivity contribution in [2.45, 2.75) is 83.5 Å². The van der Waals surface area contributed by atoms with Gasteiger partial charge in [-0.25, -0.2) is 0 Å². The van der Waals surface area contributed by atoms with Crippen LogP contribution in [0.25, 0.3) is 0 Å². The largest absolute Gasteiger partial charge is 0.103 e. The van der Waals surface area contributed by atoms with Crippen LogP contribution < -0.4 is 0 Å². The summed E-state index contributed by atoms with van der Waals surface area (Å²) in [7, 11) is 0. The average Bonchev–Trinajstić information content (AvgIpc) is 2.45. The van der Waals surface area contributed by atoms with E-state index in [2.05, 4.69) is 12.7 Å². The molecule has 2 aliphatic rings. The van der Waals surface area contributed by atoms with Gasteiger partial charge in [-0.1, -0.05) is 70.3 Å². The van der Waals surface area contributed by atoms with E-state index in [4.69, 9.17) is 0 Å². The summed E-state index contributed by atoms with van der Waals surface area (Å²) in [6, 6.07) is 0. The van der Waals surface area contributed by atoms with Crippen LogP contribution in [0.4, 0.5) is 0 Å². The monoisotopic (exact) mass is 248 g/mol. The number of hydrogen-bond acceptors (Lipinski definition) is 0. The Kier molecular flexibility index (Phi) is 6.31. The molecule has 2 rings (SSSR count). The summed E-state index contributed by atoms with van der Waals surface area (Å²) in [5.74, 6) is 3.14. The van der Waals surface area contributed by atoms with Crippen LogP contribution in [0.15, 0.2) is 12.7 Å². The Labute approximate surface area is 114 Å². The molecule has 0 radical (unpaired) electrons. The molecule has 0 N–H and O–H groups in total. The van der Waals surface area contributed by atoms with E-state index in [1.807, 2.05) is 0 Å². The molecule has 0 amide bonds. The molecule has 104 valence electrons. The standard InChI is InChI=1S/C18H32/c1-2-3-12-18(17-13-8-5-9-14-17)15-16-10-6-4-7-11-16/h2,16-18H,1,3-15H2. The summed E-state index contributed by atoms with van der Waals surface area (Å²) < 4.78 is 0. The second kappa shape index (κ2) is 8.02. The first-order valence-electron chi connectivity index (χ1n) is 8.51. The molecule has 0 aliphatic heterocycles. The predicted octanol–water partition coefficient (Wildman–Crippen LogP) is 6.12. The second-order valence-corrected chi connectivity index (χ2v) is 6.76. The SMILES string of the molecule is C=CCCC(CC1CCCCC1)C1CCCCC1. The fourth-order valence-electron chi connectivity index (χ4n) is 4.33. The van der Waals surface area contributed by atoms with E-state index in [9.17, 15) is 0 Å². The van der Waals surface area contributed by atoms with Crippen molar-refractivity contribution in [3.05, 3.63) is 12.7 Å². The van der Waals surface area contributed by atoms with Gasteiger partial charge in [0.1, 0.15) is 0 Å². The van der Waals surface area contributed by atoms with Gasteiger partial charge >= 0.3 is 0 Å². The quantitative estimate of drug-likeness (QED) is 0.497. The smallest absolute Gasteiger partial charge is 0.0351 e. The summed E-state index contributed by atoms with van der Waals surface area (Å²) in [6.45, 7) is 3.92. The summed E-state index contributed by atoms with van der Waals surface area (Å²) in [5.41, 5.74) is 0. The Morgan fingerprint density at radius 2 is 1.50 bits per heavy atom. The maximum Gasteiger partial charge on any atom is -0.0351 e. The molecule has 0 saturated heterocycles. The van der Waals surface area contributed by atoms with Crippen LogP contribution in [0.2, 0.25) is 0 Å². The zero-order chi connectivity index (χ0) is 12.6. The van der Waals surface area contributed by atoms with E-state index in [0.717, 1.165) is 17.8 Å². The van der Waals surface area contributed by atoms with Gasteiger partial charge in [-0.15, -0.1) is 6.58 Å². The van der Waals surface area contributed by atoms with Crippen LogP contribution >= 0.6 is 0 Å². The molecule has 18 heavy (non-hydrogen) atoms. The van der Waals surface area contributed by atoms with Crippen molar-refractivity contribution in [1.82, 2.24) is 0 Å². The van der Waals surface area contributed by atoms with E-state index >= 15 is 0 Å². The highest BCUT2D eigenvalue weighted by atomic mass is 14.3. The molecule has 0 nitrogen and oxygen atoms in total. The van der Waals surface area contributed by atoms with Crippen molar-refractivity contribution in [1.29, 1.82) is 0 Å². The molecule has 0 aromatic rings. The van der Waals surface area contributed by atoms with Gasteiger partial charge in [0.15, 0.2) is 0 Å². The fraction of sp³-hybridized carbons (Fsp3) is 0.889. The second-order valence-electron chi connectivity index (χ2n) is 6.76. The Hall–Kier alpha value is -0.260. The summed E-state index contributed by atoms with van der Waals surface area (Å²) in [6.07, 6.45) is 21.4. The average molecular weight is 248 g/mol. The van der Waals surface area contributed by atoms with E-state index < -0.39 is 0 Å². The summed E-state index contributed by atoms with van der Waals surface area (Å²) in [4.78, 5) is 0. The van der Waals surface area contributed by atoms with Crippen LogP contribution in [0, 0.1) is 17.8 Å². The molecular formula is C18H32. The Bertz CT molecular complexity index is 218. The van der Waals surface area contributed by atoms with Crippen molar-refractivity contribution in [3.8, 4) is 0 Å². The Morgan fingerprint density at radius 3 is 2.11 bits per heavy atom. The molecule has 0 aromatic heterocycles. The summed E-state index contributed by atoms with van der Waals surface area (Å²) in [5, 5.41) is 0. The summed E-state index contributed by atoms with van der Waals surface area (Å²) >= 11 is 0. The minimum Gasteiger partial charge on any atom is -0.103 e. The lowest BCUT2D eigenvalue weighted by Crippen LogP contribution is -2.22. The molecule has 1 unspecified atom stereocenters. The van der Waals surface area contributed by atoms with Gasteiger partial charge < -0.3 is 0 Å². The molecule has 0 bridgehead atoms. The van der Waals surface area contributed by atoms with Gasteiger partial charge in [0.05, 0.1) is 0 Å². The maximum absolute atomic E-state index is 3.92. The molecular weight excluding hydrogens is 216 g/mol. The topological polar surface area (TPSA) is 0 Å². The molecule has 1 atom stereocenters. The fourth-order valence-corrected chi connectivity index (χ4v) is 4.33. The van der Waals surface area contributed by atoms with Crippen molar-refractivity contribution in [2.75, 3.05) is 0 Å². The van der Waals surface area contributed by atoms with E-state index in [0.29, 0.717) is 0 Å². The first kappa shape index (κ1) is 14.2. The van der Waals surface area contributed by atoms with Gasteiger partial charge in [0.25, 0.3) is 0 Å². The molecule has 2 saturated carbocycles. The lowest BCUT2D eigenvalue weighted by Gasteiger charge is -2.34. The molecule has 0 heteroatoms. The highest BCUT2D eigenvalue weighted by Gasteiger charge is 2.26. The molecule has 2 fully saturated rings. The minimum atomic E-state index is 1.02. The molecule has 0 spiro atoms. The normalized spacial score (nSPS) is 24.9.